The number of ether oxygens (including phenoxy) is 2. The van der Waals surface area contributed by atoms with Crippen molar-refractivity contribution in [3.63, 3.8) is 0 Å². The van der Waals surface area contributed by atoms with Crippen molar-refractivity contribution in [3.8, 4) is 5.75 Å². The van der Waals surface area contributed by atoms with Gasteiger partial charge in [-0.05, 0) is 37.1 Å². The molecule has 2 N–H and O–H groups in total. The molecule has 0 spiro atoms. The lowest BCUT2D eigenvalue weighted by atomic mass is 9.91. The molecule has 36 heavy (non-hydrogen) atoms. The number of carbonyl (C=O) groups excluding carboxylic acids is 2. The second-order valence-electron chi connectivity index (χ2n) is 8.76. The summed E-state index contributed by atoms with van der Waals surface area (Å²) in [5.74, 6) is -0.154. The smallest absolute Gasteiger partial charge is 0.336 e. The number of hydrogen-bond donors (Lipinski definition) is 2. The minimum atomic E-state index is -0.561. The highest BCUT2D eigenvalue weighted by atomic mass is 35.5. The Morgan fingerprint density at radius 2 is 1.42 bits per heavy atom. The van der Waals surface area contributed by atoms with Crippen LogP contribution in [0.15, 0.2) is 102 Å². The zero-order valence-electron chi connectivity index (χ0n) is 20.2. The van der Waals surface area contributed by atoms with Gasteiger partial charge in [0.2, 0.25) is 0 Å². The zero-order chi connectivity index (χ0) is 25.5. The van der Waals surface area contributed by atoms with Gasteiger partial charge in [0, 0.05) is 0 Å². The lowest BCUT2D eigenvalue weighted by Gasteiger charge is -2.43. The molecule has 6 nitrogen and oxygen atoms in total. The summed E-state index contributed by atoms with van der Waals surface area (Å²) in [5.41, 5.74) is 2.99. The molecule has 1 aliphatic heterocycles. The van der Waals surface area contributed by atoms with E-state index in [1.807, 2.05) is 92.7 Å². The quantitative estimate of drug-likeness (QED) is 0.250. The maximum Gasteiger partial charge on any atom is 0.336 e. The van der Waals surface area contributed by atoms with Gasteiger partial charge in [0.15, 0.2) is 12.7 Å². The summed E-state index contributed by atoms with van der Waals surface area (Å²) in [6.45, 7) is 3.56. The van der Waals surface area contributed by atoms with Crippen LogP contribution >= 0.6 is 11.6 Å². The monoisotopic (exact) mass is 504 g/mol. The van der Waals surface area contributed by atoms with Gasteiger partial charge < -0.3 is 14.8 Å². The molecule has 1 amide bonds. The number of benzene rings is 3. The number of carbonyl (C=O) groups is 2. The Balaban J connectivity index is 1.40. The standard InChI is InChI=1S/C29H29ClN2O4/c1-19(2)24(26-25(30)28(32-26)31-23(33)18-35-22-16-10-5-11-17-22)29(34)36-27(20-12-6-3-7-13-20)21-14-8-4-9-15-21/h3-17,25-28,32H,18H2,1-2H3,(H,31,33). The third-order valence-electron chi connectivity index (χ3n) is 5.92. The Bertz CT molecular complexity index is 1160. The SMILES string of the molecule is CC(C)=C(C(=O)OC(c1ccccc1)c1ccccc1)C1NC(NC(=O)COc2ccccc2)C1Cl. The highest BCUT2D eigenvalue weighted by Crippen LogP contribution is 2.31. The third kappa shape index (κ3) is 6.14. The Hall–Kier alpha value is -3.61. The van der Waals surface area contributed by atoms with Crippen LogP contribution < -0.4 is 15.4 Å². The number of amides is 1. The summed E-state index contributed by atoms with van der Waals surface area (Å²) in [6, 6.07) is 27.9. The first kappa shape index (κ1) is 25.5. The van der Waals surface area contributed by atoms with Crippen molar-refractivity contribution in [2.24, 2.45) is 0 Å². The summed E-state index contributed by atoms with van der Waals surface area (Å²) in [4.78, 5) is 25.8. The van der Waals surface area contributed by atoms with E-state index in [1.165, 1.54) is 0 Å². The van der Waals surface area contributed by atoms with E-state index in [0.717, 1.165) is 16.7 Å². The average molecular weight is 505 g/mol. The van der Waals surface area contributed by atoms with Crippen molar-refractivity contribution >= 4 is 23.5 Å². The first-order valence-electron chi connectivity index (χ1n) is 11.8. The molecule has 186 valence electrons. The number of halogens is 1. The van der Waals surface area contributed by atoms with Gasteiger partial charge in [-0.25, -0.2) is 4.79 Å². The number of alkyl halides is 1. The molecule has 1 aliphatic rings. The van der Waals surface area contributed by atoms with Crippen molar-refractivity contribution in [2.45, 2.75) is 37.5 Å². The highest BCUT2D eigenvalue weighted by molar-refractivity contribution is 6.23. The predicted octanol–water partition coefficient (Wildman–Crippen LogP) is 4.76. The summed E-state index contributed by atoms with van der Waals surface area (Å²) in [7, 11) is 0. The Morgan fingerprint density at radius 3 is 1.92 bits per heavy atom. The van der Waals surface area contributed by atoms with Gasteiger partial charge in [-0.15, -0.1) is 11.6 Å². The van der Waals surface area contributed by atoms with E-state index >= 15 is 0 Å². The minimum absolute atomic E-state index is 0.135. The average Bonchev–Trinajstić information content (AvgIpc) is 2.91. The van der Waals surface area contributed by atoms with Crippen LogP contribution in [0.25, 0.3) is 0 Å². The zero-order valence-corrected chi connectivity index (χ0v) is 20.9. The van der Waals surface area contributed by atoms with Crippen LogP contribution in [0.1, 0.15) is 31.1 Å². The maximum atomic E-state index is 13.4. The molecule has 3 atom stereocenters. The summed E-state index contributed by atoms with van der Waals surface area (Å²) >= 11 is 6.64. The molecule has 4 rings (SSSR count). The molecular formula is C29H29ClN2O4. The van der Waals surface area contributed by atoms with E-state index in [-0.39, 0.29) is 12.5 Å². The van der Waals surface area contributed by atoms with E-state index in [9.17, 15) is 9.59 Å². The summed E-state index contributed by atoms with van der Waals surface area (Å²) in [5, 5.41) is 5.47. The van der Waals surface area contributed by atoms with Gasteiger partial charge in [0.25, 0.3) is 5.91 Å². The highest BCUT2D eigenvalue weighted by Gasteiger charge is 2.45. The van der Waals surface area contributed by atoms with E-state index < -0.39 is 29.7 Å². The second kappa shape index (κ2) is 11.9. The fraction of sp³-hybridized carbons (Fsp3) is 0.241. The van der Waals surface area contributed by atoms with Gasteiger partial charge in [0.1, 0.15) is 5.75 Å². The molecule has 1 heterocycles. The molecule has 0 saturated carbocycles. The first-order valence-corrected chi connectivity index (χ1v) is 12.2. The Kier molecular flexibility index (Phi) is 8.41. The van der Waals surface area contributed by atoms with Crippen LogP contribution in [-0.2, 0) is 14.3 Å². The van der Waals surface area contributed by atoms with Gasteiger partial charge in [-0.2, -0.15) is 0 Å². The number of nitrogens with one attached hydrogen (secondary N) is 2. The van der Waals surface area contributed by atoms with E-state index in [4.69, 9.17) is 21.1 Å². The van der Waals surface area contributed by atoms with E-state index in [2.05, 4.69) is 10.6 Å². The molecule has 0 aliphatic carbocycles. The topological polar surface area (TPSA) is 76.7 Å². The minimum Gasteiger partial charge on any atom is -0.484 e. The molecule has 3 unspecified atom stereocenters. The molecule has 7 heteroatoms. The first-order chi connectivity index (χ1) is 17.4. The van der Waals surface area contributed by atoms with Crippen molar-refractivity contribution in [1.29, 1.82) is 0 Å². The van der Waals surface area contributed by atoms with Crippen molar-refractivity contribution in [3.05, 3.63) is 113 Å². The van der Waals surface area contributed by atoms with Crippen LogP contribution in [0.5, 0.6) is 5.75 Å². The molecule has 1 saturated heterocycles. The molecule has 3 aromatic rings. The van der Waals surface area contributed by atoms with Crippen molar-refractivity contribution in [1.82, 2.24) is 10.6 Å². The maximum absolute atomic E-state index is 13.4. The molecule has 0 radical (unpaired) electrons. The Morgan fingerprint density at radius 1 is 0.889 bits per heavy atom. The van der Waals surface area contributed by atoms with Crippen molar-refractivity contribution in [2.75, 3.05) is 6.61 Å². The number of hydrogen-bond acceptors (Lipinski definition) is 5. The molecule has 0 bridgehead atoms. The van der Waals surface area contributed by atoms with Crippen LogP contribution in [0, 0.1) is 0 Å². The summed E-state index contributed by atoms with van der Waals surface area (Å²) < 4.78 is 11.5. The third-order valence-corrected chi connectivity index (χ3v) is 6.43. The van der Waals surface area contributed by atoms with Crippen LogP contribution in [-0.4, -0.2) is 36.1 Å². The normalized spacial score (nSPS) is 18.6. The largest absolute Gasteiger partial charge is 0.484 e. The second-order valence-corrected chi connectivity index (χ2v) is 9.26. The van der Waals surface area contributed by atoms with E-state index in [0.29, 0.717) is 11.3 Å². The molecule has 1 fully saturated rings. The fourth-order valence-corrected chi connectivity index (χ4v) is 4.43. The number of para-hydroxylation sites is 1. The van der Waals surface area contributed by atoms with Crippen LogP contribution in [0.3, 0.4) is 0 Å². The molecule has 0 aromatic heterocycles. The van der Waals surface area contributed by atoms with Gasteiger partial charge in [-0.1, -0.05) is 84.4 Å². The number of rotatable bonds is 9. The lowest BCUT2D eigenvalue weighted by Crippen LogP contribution is -2.71. The summed E-state index contributed by atoms with van der Waals surface area (Å²) in [6.07, 6.45) is -1.06. The van der Waals surface area contributed by atoms with E-state index in [1.54, 1.807) is 12.1 Å². The number of esters is 1. The molecule has 3 aromatic carbocycles. The van der Waals surface area contributed by atoms with Gasteiger partial charge in [-0.3, -0.25) is 10.1 Å². The number of allylic oxidation sites excluding steroid dienone is 1. The lowest BCUT2D eigenvalue weighted by molar-refractivity contribution is -0.143. The molecular weight excluding hydrogens is 476 g/mol. The van der Waals surface area contributed by atoms with Crippen LogP contribution in [0.2, 0.25) is 0 Å². The predicted molar refractivity (Wildman–Crippen MR) is 140 cm³/mol. The van der Waals surface area contributed by atoms with Crippen molar-refractivity contribution < 1.29 is 19.1 Å². The van der Waals surface area contributed by atoms with Gasteiger partial charge >= 0.3 is 5.97 Å². The van der Waals surface area contributed by atoms with Crippen LogP contribution in [0.4, 0.5) is 0 Å². The Labute approximate surface area is 216 Å². The fourth-order valence-electron chi connectivity index (χ4n) is 4.09. The van der Waals surface area contributed by atoms with Gasteiger partial charge in [0.05, 0.1) is 23.2 Å².